The van der Waals surface area contributed by atoms with Crippen LogP contribution < -0.4 is 4.90 Å². The summed E-state index contributed by atoms with van der Waals surface area (Å²) < 4.78 is 5.46. The number of aliphatic hydroxyl groups is 1. The van der Waals surface area contributed by atoms with Crippen LogP contribution in [-0.4, -0.2) is 56.0 Å². The predicted octanol–water partition coefficient (Wildman–Crippen LogP) is 2.90. The number of benzene rings is 1. The van der Waals surface area contributed by atoms with Crippen molar-refractivity contribution in [3.8, 4) is 0 Å². The van der Waals surface area contributed by atoms with Gasteiger partial charge in [-0.05, 0) is 43.5 Å². The summed E-state index contributed by atoms with van der Waals surface area (Å²) >= 11 is 0. The summed E-state index contributed by atoms with van der Waals surface area (Å²) in [5, 5.41) is 9.93. The van der Waals surface area contributed by atoms with E-state index < -0.39 is 0 Å². The fraction of sp³-hybridized carbons (Fsp3) is 0.700. The smallest absolute Gasteiger partial charge is 0.0642 e. The zero-order valence-corrected chi connectivity index (χ0v) is 15.0. The Bertz CT molecular complexity index is 512. The SMILES string of the molecule is CCC[C@@]1(CO)CCCN(Cc2cccc(N3CCOCC3)c2)C1. The Balaban J connectivity index is 1.64. The predicted molar refractivity (Wildman–Crippen MR) is 98.4 cm³/mol. The van der Waals surface area contributed by atoms with Crippen LogP contribution in [0, 0.1) is 5.41 Å². The van der Waals surface area contributed by atoms with E-state index in [0.29, 0.717) is 6.61 Å². The molecule has 2 saturated heterocycles. The molecular formula is C20H32N2O2. The van der Waals surface area contributed by atoms with Crippen molar-refractivity contribution >= 4 is 5.69 Å². The second kappa shape index (κ2) is 8.32. The molecule has 4 heteroatoms. The van der Waals surface area contributed by atoms with E-state index in [1.165, 1.54) is 24.1 Å². The Kier molecular flexibility index (Phi) is 6.14. The maximum Gasteiger partial charge on any atom is 0.0642 e. The van der Waals surface area contributed by atoms with Crippen LogP contribution in [0.15, 0.2) is 24.3 Å². The van der Waals surface area contributed by atoms with Gasteiger partial charge in [-0.1, -0.05) is 25.5 Å². The molecule has 0 saturated carbocycles. The summed E-state index contributed by atoms with van der Waals surface area (Å²) in [6.45, 7) is 9.33. The lowest BCUT2D eigenvalue weighted by Crippen LogP contribution is -2.44. The number of anilines is 1. The molecule has 1 aromatic carbocycles. The van der Waals surface area contributed by atoms with Crippen molar-refractivity contribution in [3.05, 3.63) is 29.8 Å². The van der Waals surface area contributed by atoms with E-state index >= 15 is 0 Å². The van der Waals surface area contributed by atoms with E-state index in [-0.39, 0.29) is 5.41 Å². The molecular weight excluding hydrogens is 300 g/mol. The van der Waals surface area contributed by atoms with Crippen LogP contribution in [0.5, 0.6) is 0 Å². The maximum absolute atomic E-state index is 9.93. The van der Waals surface area contributed by atoms with E-state index in [0.717, 1.165) is 58.8 Å². The summed E-state index contributed by atoms with van der Waals surface area (Å²) in [5.41, 5.74) is 2.81. The van der Waals surface area contributed by atoms with Gasteiger partial charge >= 0.3 is 0 Å². The van der Waals surface area contributed by atoms with Crippen molar-refractivity contribution in [1.82, 2.24) is 4.90 Å². The van der Waals surface area contributed by atoms with Crippen LogP contribution in [0.1, 0.15) is 38.2 Å². The summed E-state index contributed by atoms with van der Waals surface area (Å²) in [4.78, 5) is 4.95. The van der Waals surface area contributed by atoms with Crippen LogP contribution in [0.25, 0.3) is 0 Å². The molecule has 0 spiro atoms. The Morgan fingerprint density at radius 3 is 2.79 bits per heavy atom. The first-order valence-electron chi connectivity index (χ1n) is 9.49. The summed E-state index contributed by atoms with van der Waals surface area (Å²) in [6, 6.07) is 8.95. The molecule has 0 radical (unpaired) electrons. The first-order chi connectivity index (χ1) is 11.7. The van der Waals surface area contributed by atoms with Crippen molar-refractivity contribution in [2.45, 2.75) is 39.2 Å². The Morgan fingerprint density at radius 1 is 1.21 bits per heavy atom. The highest BCUT2D eigenvalue weighted by atomic mass is 16.5. The Morgan fingerprint density at radius 2 is 2.04 bits per heavy atom. The van der Waals surface area contributed by atoms with Crippen molar-refractivity contribution in [1.29, 1.82) is 0 Å². The van der Waals surface area contributed by atoms with Gasteiger partial charge in [-0.3, -0.25) is 4.90 Å². The second-order valence-electron chi connectivity index (χ2n) is 7.49. The normalized spacial score (nSPS) is 25.8. The van der Waals surface area contributed by atoms with Gasteiger partial charge in [0.05, 0.1) is 13.2 Å². The van der Waals surface area contributed by atoms with Gasteiger partial charge in [-0.25, -0.2) is 0 Å². The molecule has 0 aromatic heterocycles. The molecule has 0 bridgehead atoms. The third-order valence-electron chi connectivity index (χ3n) is 5.55. The second-order valence-corrected chi connectivity index (χ2v) is 7.49. The van der Waals surface area contributed by atoms with Gasteiger partial charge in [0, 0.05) is 43.9 Å². The minimum absolute atomic E-state index is 0.120. The zero-order valence-electron chi connectivity index (χ0n) is 15.0. The zero-order chi connectivity index (χ0) is 16.8. The number of hydrogen-bond acceptors (Lipinski definition) is 4. The summed E-state index contributed by atoms with van der Waals surface area (Å²) in [5.74, 6) is 0. The average Bonchev–Trinajstić information content (AvgIpc) is 2.63. The van der Waals surface area contributed by atoms with Gasteiger partial charge in [-0.15, -0.1) is 0 Å². The van der Waals surface area contributed by atoms with E-state index in [1.54, 1.807) is 0 Å². The van der Waals surface area contributed by atoms with Crippen LogP contribution in [0.4, 0.5) is 5.69 Å². The molecule has 2 aliphatic rings. The largest absolute Gasteiger partial charge is 0.396 e. The molecule has 0 amide bonds. The third-order valence-corrected chi connectivity index (χ3v) is 5.55. The number of likely N-dealkylation sites (tertiary alicyclic amines) is 1. The number of rotatable bonds is 6. The molecule has 0 unspecified atom stereocenters. The fourth-order valence-corrected chi connectivity index (χ4v) is 4.32. The number of aliphatic hydroxyl groups excluding tert-OH is 1. The molecule has 2 aliphatic heterocycles. The number of ether oxygens (including phenoxy) is 1. The maximum atomic E-state index is 9.93. The minimum atomic E-state index is 0.120. The van der Waals surface area contributed by atoms with Gasteiger partial charge < -0.3 is 14.7 Å². The quantitative estimate of drug-likeness (QED) is 0.869. The molecule has 24 heavy (non-hydrogen) atoms. The van der Waals surface area contributed by atoms with Crippen LogP contribution in [-0.2, 0) is 11.3 Å². The number of piperidine rings is 1. The molecule has 2 fully saturated rings. The van der Waals surface area contributed by atoms with Crippen molar-refractivity contribution in [2.75, 3.05) is 50.9 Å². The van der Waals surface area contributed by atoms with E-state index in [2.05, 4.69) is 41.0 Å². The number of morpholine rings is 1. The molecule has 3 rings (SSSR count). The van der Waals surface area contributed by atoms with E-state index in [4.69, 9.17) is 4.74 Å². The van der Waals surface area contributed by atoms with E-state index in [9.17, 15) is 5.11 Å². The number of hydrogen-bond donors (Lipinski definition) is 1. The molecule has 0 aliphatic carbocycles. The van der Waals surface area contributed by atoms with Crippen molar-refractivity contribution in [2.24, 2.45) is 5.41 Å². The molecule has 1 aromatic rings. The van der Waals surface area contributed by atoms with Crippen LogP contribution >= 0.6 is 0 Å². The molecule has 134 valence electrons. The summed E-state index contributed by atoms with van der Waals surface area (Å²) in [7, 11) is 0. The summed E-state index contributed by atoms with van der Waals surface area (Å²) in [6.07, 6.45) is 4.65. The highest BCUT2D eigenvalue weighted by Gasteiger charge is 2.34. The first-order valence-corrected chi connectivity index (χ1v) is 9.49. The van der Waals surface area contributed by atoms with E-state index in [1.807, 2.05) is 0 Å². The number of nitrogens with zero attached hydrogens (tertiary/aromatic N) is 2. The van der Waals surface area contributed by atoms with Crippen molar-refractivity contribution in [3.63, 3.8) is 0 Å². The van der Waals surface area contributed by atoms with Gasteiger partial charge in [0.2, 0.25) is 0 Å². The third kappa shape index (κ3) is 4.29. The Hall–Kier alpha value is -1.10. The lowest BCUT2D eigenvalue weighted by atomic mass is 9.77. The topological polar surface area (TPSA) is 35.9 Å². The first kappa shape index (κ1) is 17.7. The fourth-order valence-electron chi connectivity index (χ4n) is 4.32. The van der Waals surface area contributed by atoms with Gasteiger partial charge in [0.1, 0.15) is 0 Å². The van der Waals surface area contributed by atoms with Gasteiger partial charge in [-0.2, -0.15) is 0 Å². The van der Waals surface area contributed by atoms with Crippen molar-refractivity contribution < 1.29 is 9.84 Å². The van der Waals surface area contributed by atoms with Gasteiger partial charge in [0.15, 0.2) is 0 Å². The standard InChI is InChI=1S/C20H32N2O2/c1-2-7-20(17-23)8-4-9-21(16-20)15-18-5-3-6-19(14-18)22-10-12-24-13-11-22/h3,5-6,14,23H,2,4,7-13,15-17H2,1H3/t20-/m1/s1. The molecule has 1 atom stereocenters. The minimum Gasteiger partial charge on any atom is -0.396 e. The highest BCUT2D eigenvalue weighted by molar-refractivity contribution is 5.48. The average molecular weight is 332 g/mol. The Labute approximate surface area is 146 Å². The lowest BCUT2D eigenvalue weighted by molar-refractivity contribution is 0.0216. The monoisotopic (exact) mass is 332 g/mol. The molecule has 1 N–H and O–H groups in total. The van der Waals surface area contributed by atoms with Crippen LogP contribution in [0.3, 0.4) is 0 Å². The van der Waals surface area contributed by atoms with Crippen LogP contribution in [0.2, 0.25) is 0 Å². The highest BCUT2D eigenvalue weighted by Crippen LogP contribution is 2.34. The molecule has 2 heterocycles. The lowest BCUT2D eigenvalue weighted by Gasteiger charge is -2.42. The molecule has 4 nitrogen and oxygen atoms in total. The van der Waals surface area contributed by atoms with Gasteiger partial charge in [0.25, 0.3) is 0 Å².